The highest BCUT2D eigenvalue weighted by Gasteiger charge is 2.42. The van der Waals surface area contributed by atoms with Gasteiger partial charge in [0.1, 0.15) is 5.75 Å². The van der Waals surface area contributed by atoms with Crippen LogP contribution in [-0.2, 0) is 0 Å². The fraction of sp³-hybridized carbons (Fsp3) is 0.500. The Morgan fingerprint density at radius 2 is 2.21 bits per heavy atom. The number of nitrogen functional groups attached to an aromatic ring is 1. The number of anilines is 1. The van der Waals surface area contributed by atoms with Gasteiger partial charge in [0.15, 0.2) is 0 Å². The topological polar surface area (TPSA) is 84.6 Å². The molecular formula is C14H20N2O3. The van der Waals surface area contributed by atoms with Crippen LogP contribution < -0.4 is 15.8 Å². The van der Waals surface area contributed by atoms with Crippen LogP contribution in [0.3, 0.4) is 0 Å². The van der Waals surface area contributed by atoms with Crippen molar-refractivity contribution in [3.05, 3.63) is 23.8 Å². The van der Waals surface area contributed by atoms with Crippen LogP contribution in [0, 0.1) is 5.41 Å². The van der Waals surface area contributed by atoms with E-state index in [4.69, 9.17) is 10.5 Å². The second kappa shape index (κ2) is 5.48. The predicted octanol–water partition coefficient (Wildman–Crippen LogP) is 1.17. The third kappa shape index (κ3) is 3.38. The Morgan fingerprint density at radius 1 is 1.47 bits per heavy atom. The summed E-state index contributed by atoms with van der Waals surface area (Å²) in [6.07, 6.45) is 1.93. The number of nitrogens with one attached hydrogen (secondary N) is 1. The first-order chi connectivity index (χ1) is 9.08. The maximum absolute atomic E-state index is 12.0. The number of amides is 1. The lowest BCUT2D eigenvalue weighted by atomic mass is 10.1. The summed E-state index contributed by atoms with van der Waals surface area (Å²) in [6.45, 7) is 3.02. The molecule has 2 rings (SSSR count). The molecule has 0 aliphatic heterocycles. The molecule has 0 spiro atoms. The molecule has 5 nitrogen and oxygen atoms in total. The Balaban J connectivity index is 2.01. The summed E-state index contributed by atoms with van der Waals surface area (Å²) < 4.78 is 5.36. The van der Waals surface area contributed by atoms with E-state index in [0.29, 0.717) is 30.2 Å². The standard InChI is InChI=1S/C14H20N2O3/c1-2-19-12-6-10(5-11(15)7-12)13(18)16-8-14(9-17)3-4-14/h5-7,17H,2-4,8-9,15H2,1H3,(H,16,18). The number of aliphatic hydroxyl groups excluding tert-OH is 1. The maximum Gasteiger partial charge on any atom is 0.251 e. The van der Waals surface area contributed by atoms with Crippen molar-refractivity contribution < 1.29 is 14.6 Å². The minimum Gasteiger partial charge on any atom is -0.494 e. The van der Waals surface area contributed by atoms with Gasteiger partial charge in [0.2, 0.25) is 0 Å². The molecule has 1 saturated carbocycles. The summed E-state index contributed by atoms with van der Waals surface area (Å²) >= 11 is 0. The normalized spacial score (nSPS) is 15.9. The molecule has 5 heteroatoms. The van der Waals surface area contributed by atoms with E-state index >= 15 is 0 Å². The maximum atomic E-state index is 12.0. The van der Waals surface area contributed by atoms with E-state index in [1.165, 1.54) is 0 Å². The van der Waals surface area contributed by atoms with E-state index in [2.05, 4.69) is 5.32 Å². The molecule has 0 unspecified atom stereocenters. The van der Waals surface area contributed by atoms with Crippen LogP contribution in [0.15, 0.2) is 18.2 Å². The number of rotatable bonds is 6. The van der Waals surface area contributed by atoms with Gasteiger partial charge >= 0.3 is 0 Å². The van der Waals surface area contributed by atoms with Crippen LogP contribution in [-0.4, -0.2) is 30.8 Å². The van der Waals surface area contributed by atoms with Crippen LogP contribution in [0.4, 0.5) is 5.69 Å². The average molecular weight is 264 g/mol. The van der Waals surface area contributed by atoms with Gasteiger partial charge in [0.25, 0.3) is 5.91 Å². The first-order valence-corrected chi connectivity index (χ1v) is 6.51. The highest BCUT2D eigenvalue weighted by Crippen LogP contribution is 2.44. The lowest BCUT2D eigenvalue weighted by molar-refractivity contribution is 0.0935. The number of aliphatic hydroxyl groups is 1. The monoisotopic (exact) mass is 264 g/mol. The molecule has 0 bridgehead atoms. The molecule has 1 aliphatic rings. The van der Waals surface area contributed by atoms with Crippen molar-refractivity contribution in [2.24, 2.45) is 5.41 Å². The summed E-state index contributed by atoms with van der Waals surface area (Å²) in [5.74, 6) is 0.406. The minimum absolute atomic E-state index is 0.0985. The molecule has 1 aliphatic carbocycles. The van der Waals surface area contributed by atoms with Crippen molar-refractivity contribution in [2.45, 2.75) is 19.8 Å². The van der Waals surface area contributed by atoms with Gasteiger partial charge in [-0.05, 0) is 31.9 Å². The second-order valence-electron chi connectivity index (χ2n) is 5.06. The van der Waals surface area contributed by atoms with Gasteiger partial charge in [-0.1, -0.05) is 0 Å². The second-order valence-corrected chi connectivity index (χ2v) is 5.06. The lowest BCUT2D eigenvalue weighted by Crippen LogP contribution is -2.31. The van der Waals surface area contributed by atoms with E-state index in [0.717, 1.165) is 12.8 Å². The smallest absolute Gasteiger partial charge is 0.251 e. The zero-order valence-electron chi connectivity index (χ0n) is 11.1. The molecule has 1 aromatic rings. The van der Waals surface area contributed by atoms with Crippen LogP contribution >= 0.6 is 0 Å². The molecule has 1 fully saturated rings. The Kier molecular flexibility index (Phi) is 3.95. The van der Waals surface area contributed by atoms with Crippen molar-refractivity contribution in [1.29, 1.82) is 0 Å². The lowest BCUT2D eigenvalue weighted by Gasteiger charge is -2.13. The molecule has 104 valence electrons. The van der Waals surface area contributed by atoms with Gasteiger partial charge < -0.3 is 20.9 Å². The van der Waals surface area contributed by atoms with Gasteiger partial charge in [-0.25, -0.2) is 0 Å². The fourth-order valence-electron chi connectivity index (χ4n) is 1.94. The highest BCUT2D eigenvalue weighted by molar-refractivity contribution is 5.95. The van der Waals surface area contributed by atoms with E-state index in [9.17, 15) is 9.90 Å². The van der Waals surface area contributed by atoms with Crippen LogP contribution in [0.2, 0.25) is 0 Å². The van der Waals surface area contributed by atoms with E-state index in [1.807, 2.05) is 6.92 Å². The Bertz CT molecular complexity index is 470. The van der Waals surface area contributed by atoms with E-state index < -0.39 is 0 Å². The molecule has 0 saturated heterocycles. The zero-order chi connectivity index (χ0) is 13.9. The van der Waals surface area contributed by atoms with Gasteiger partial charge in [0.05, 0.1) is 13.2 Å². The summed E-state index contributed by atoms with van der Waals surface area (Å²) in [5, 5.41) is 12.0. The zero-order valence-corrected chi connectivity index (χ0v) is 11.1. The number of hydrogen-bond acceptors (Lipinski definition) is 4. The molecule has 0 aromatic heterocycles. The summed E-state index contributed by atoms with van der Waals surface area (Å²) in [4.78, 5) is 12.0. The van der Waals surface area contributed by atoms with Crippen molar-refractivity contribution in [1.82, 2.24) is 5.32 Å². The Hall–Kier alpha value is -1.75. The largest absolute Gasteiger partial charge is 0.494 e. The number of benzene rings is 1. The third-order valence-corrected chi connectivity index (χ3v) is 3.42. The summed E-state index contributed by atoms with van der Waals surface area (Å²) in [6, 6.07) is 4.99. The quantitative estimate of drug-likeness (QED) is 0.673. The van der Waals surface area contributed by atoms with Crippen LogP contribution in [0.25, 0.3) is 0 Å². The van der Waals surface area contributed by atoms with Crippen LogP contribution in [0.1, 0.15) is 30.1 Å². The van der Waals surface area contributed by atoms with Gasteiger partial charge in [-0.2, -0.15) is 0 Å². The number of hydrogen-bond donors (Lipinski definition) is 3. The van der Waals surface area contributed by atoms with Gasteiger partial charge in [0, 0.05) is 29.3 Å². The number of carbonyl (C=O) groups excluding carboxylic acids is 1. The molecular weight excluding hydrogens is 244 g/mol. The number of ether oxygens (including phenoxy) is 1. The third-order valence-electron chi connectivity index (χ3n) is 3.42. The van der Waals surface area contributed by atoms with Gasteiger partial charge in [-0.15, -0.1) is 0 Å². The summed E-state index contributed by atoms with van der Waals surface area (Å²) in [7, 11) is 0. The SMILES string of the molecule is CCOc1cc(N)cc(C(=O)NCC2(CO)CC2)c1. The predicted molar refractivity (Wildman–Crippen MR) is 73.1 cm³/mol. The van der Waals surface area contributed by atoms with Gasteiger partial charge in [-0.3, -0.25) is 4.79 Å². The first kappa shape index (κ1) is 13.7. The molecule has 0 radical (unpaired) electrons. The molecule has 1 aromatic carbocycles. The minimum atomic E-state index is -0.187. The van der Waals surface area contributed by atoms with E-state index in [1.54, 1.807) is 18.2 Å². The van der Waals surface area contributed by atoms with Crippen molar-refractivity contribution in [2.75, 3.05) is 25.5 Å². The Labute approximate surface area is 112 Å². The van der Waals surface area contributed by atoms with Crippen LogP contribution in [0.5, 0.6) is 5.75 Å². The molecule has 4 N–H and O–H groups in total. The highest BCUT2D eigenvalue weighted by atomic mass is 16.5. The number of nitrogens with two attached hydrogens (primary N) is 1. The molecule has 1 amide bonds. The first-order valence-electron chi connectivity index (χ1n) is 6.51. The molecule has 0 heterocycles. The van der Waals surface area contributed by atoms with E-state index in [-0.39, 0.29) is 17.9 Å². The molecule has 19 heavy (non-hydrogen) atoms. The number of carbonyl (C=O) groups is 1. The summed E-state index contributed by atoms with van der Waals surface area (Å²) in [5.41, 5.74) is 6.63. The average Bonchev–Trinajstić information content (AvgIpc) is 3.16. The Morgan fingerprint density at radius 3 is 2.79 bits per heavy atom. The fourth-order valence-corrected chi connectivity index (χ4v) is 1.94. The van der Waals surface area contributed by atoms with Crippen molar-refractivity contribution in [3.63, 3.8) is 0 Å². The van der Waals surface area contributed by atoms with Crippen molar-refractivity contribution in [3.8, 4) is 5.75 Å². The molecule has 0 atom stereocenters. The van der Waals surface area contributed by atoms with Crippen molar-refractivity contribution >= 4 is 11.6 Å².